The molecule has 2 heterocycles. The Labute approximate surface area is 132 Å². The first-order valence-electron chi connectivity index (χ1n) is 7.05. The molecule has 1 aromatic carbocycles. The maximum Gasteiger partial charge on any atom is 0.158 e. The number of hydrogen-bond donors (Lipinski definition) is 2. The summed E-state index contributed by atoms with van der Waals surface area (Å²) in [5.74, 6) is 0.303. The van der Waals surface area contributed by atoms with E-state index in [1.54, 1.807) is 11.8 Å². The number of nitrogens with two attached hydrogens (primary N) is 1. The predicted octanol–water partition coefficient (Wildman–Crippen LogP) is 1.95. The number of benzene rings is 1. The Morgan fingerprint density at radius 2 is 2.09 bits per heavy atom. The van der Waals surface area contributed by atoms with Crippen LogP contribution in [0.5, 0.6) is 5.75 Å². The van der Waals surface area contributed by atoms with Gasteiger partial charge in [0.1, 0.15) is 17.3 Å². The first kappa shape index (κ1) is 15.1. The van der Waals surface area contributed by atoms with Crippen molar-refractivity contribution in [1.29, 1.82) is 5.41 Å². The highest BCUT2D eigenvalue weighted by Gasteiger charge is 2.16. The lowest BCUT2D eigenvalue weighted by atomic mass is 10.2. The quantitative estimate of drug-likeness (QED) is 0.705. The zero-order valence-electron chi connectivity index (χ0n) is 12.6. The van der Waals surface area contributed by atoms with Crippen molar-refractivity contribution in [1.82, 2.24) is 14.8 Å². The molecule has 118 valence electrons. The molecular formula is C16H16FN5O. The lowest BCUT2D eigenvalue weighted by molar-refractivity contribution is 0.414. The normalized spacial score (nSPS) is 10.9. The summed E-state index contributed by atoms with van der Waals surface area (Å²) in [5, 5.41) is 12.8. The fourth-order valence-electron chi connectivity index (χ4n) is 2.37. The van der Waals surface area contributed by atoms with Crippen molar-refractivity contribution in [3.63, 3.8) is 0 Å². The summed E-state index contributed by atoms with van der Waals surface area (Å²) in [5.41, 5.74) is 7.55. The maximum absolute atomic E-state index is 13.5. The van der Waals surface area contributed by atoms with Crippen molar-refractivity contribution >= 4 is 16.7 Å². The van der Waals surface area contributed by atoms with Gasteiger partial charge in [0.25, 0.3) is 0 Å². The highest BCUT2D eigenvalue weighted by atomic mass is 19.1. The van der Waals surface area contributed by atoms with Crippen molar-refractivity contribution in [2.24, 2.45) is 5.73 Å². The summed E-state index contributed by atoms with van der Waals surface area (Å²) < 4.78 is 20.3. The van der Waals surface area contributed by atoms with Crippen LogP contribution in [0.4, 0.5) is 4.39 Å². The molecule has 3 N–H and O–H groups in total. The zero-order valence-corrected chi connectivity index (χ0v) is 12.6. The largest absolute Gasteiger partial charge is 0.497 e. The summed E-state index contributed by atoms with van der Waals surface area (Å²) >= 11 is 0. The molecule has 0 atom stereocenters. The van der Waals surface area contributed by atoms with Gasteiger partial charge in [-0.2, -0.15) is 5.10 Å². The minimum Gasteiger partial charge on any atom is -0.497 e. The summed E-state index contributed by atoms with van der Waals surface area (Å²) in [4.78, 5) is 4.11. The summed E-state index contributed by atoms with van der Waals surface area (Å²) in [6.07, 6.45) is 1.14. The van der Waals surface area contributed by atoms with Gasteiger partial charge in [0.05, 0.1) is 30.9 Å². The number of halogens is 1. The summed E-state index contributed by atoms with van der Waals surface area (Å²) in [6.45, 7) is 0.488. The molecule has 3 rings (SSSR count). The lowest BCUT2D eigenvalue weighted by Gasteiger charge is -2.05. The molecule has 0 aliphatic heterocycles. The van der Waals surface area contributed by atoms with Crippen LogP contribution in [0.2, 0.25) is 0 Å². The smallest absolute Gasteiger partial charge is 0.158 e. The summed E-state index contributed by atoms with van der Waals surface area (Å²) in [7, 11) is 1.61. The number of ether oxygens (including phenoxy) is 1. The maximum atomic E-state index is 13.5. The van der Waals surface area contributed by atoms with Crippen molar-refractivity contribution in [3.8, 4) is 5.75 Å². The van der Waals surface area contributed by atoms with E-state index in [0.717, 1.165) is 17.5 Å². The van der Waals surface area contributed by atoms with Crippen LogP contribution in [0.3, 0.4) is 0 Å². The number of aromatic nitrogens is 3. The Balaban J connectivity index is 2.04. The molecule has 0 spiro atoms. The van der Waals surface area contributed by atoms with Crippen LogP contribution < -0.4 is 10.5 Å². The predicted molar refractivity (Wildman–Crippen MR) is 85.5 cm³/mol. The second kappa shape index (κ2) is 6.13. The third-order valence-electron chi connectivity index (χ3n) is 3.53. The molecule has 0 aliphatic carbocycles. The minimum atomic E-state index is -0.465. The topological polar surface area (TPSA) is 89.8 Å². The standard InChI is InChI=1S/C16H16FN5O/c1-23-12-4-2-10(3-5-12)9-22-16-13(6-11(17)8-20-16)15(21-22)14(19)7-18/h2-6,8,19H,7,9,18H2,1H3. The van der Waals surface area contributed by atoms with Gasteiger partial charge in [-0.3, -0.25) is 0 Å². The molecule has 0 saturated carbocycles. The molecule has 0 amide bonds. The second-order valence-corrected chi connectivity index (χ2v) is 5.06. The van der Waals surface area contributed by atoms with E-state index in [-0.39, 0.29) is 12.3 Å². The zero-order chi connectivity index (χ0) is 16.4. The Kier molecular flexibility index (Phi) is 4.03. The number of nitrogens with zero attached hydrogens (tertiary/aromatic N) is 3. The number of fused-ring (bicyclic) bond motifs is 1. The fraction of sp³-hybridized carbons (Fsp3) is 0.188. The van der Waals surface area contributed by atoms with Crippen LogP contribution in [-0.2, 0) is 6.54 Å². The molecule has 7 heteroatoms. The average molecular weight is 313 g/mol. The molecular weight excluding hydrogens is 297 g/mol. The molecule has 0 bridgehead atoms. The molecule has 0 saturated heterocycles. The highest BCUT2D eigenvalue weighted by Crippen LogP contribution is 2.20. The average Bonchev–Trinajstić information content (AvgIpc) is 2.92. The first-order chi connectivity index (χ1) is 11.1. The second-order valence-electron chi connectivity index (χ2n) is 5.06. The minimum absolute atomic E-state index is 0.0329. The molecule has 0 fully saturated rings. The Morgan fingerprint density at radius 3 is 2.74 bits per heavy atom. The van der Waals surface area contributed by atoms with Gasteiger partial charge in [-0.1, -0.05) is 12.1 Å². The van der Waals surface area contributed by atoms with Crippen LogP contribution >= 0.6 is 0 Å². The lowest BCUT2D eigenvalue weighted by Crippen LogP contribution is -2.15. The Morgan fingerprint density at radius 1 is 1.35 bits per heavy atom. The Bertz CT molecular complexity index is 857. The molecule has 0 aliphatic rings. The van der Waals surface area contributed by atoms with Gasteiger partial charge >= 0.3 is 0 Å². The van der Waals surface area contributed by atoms with E-state index in [9.17, 15) is 4.39 Å². The number of nitrogens with one attached hydrogen (secondary N) is 1. The van der Waals surface area contributed by atoms with Crippen molar-refractivity contribution in [2.75, 3.05) is 13.7 Å². The van der Waals surface area contributed by atoms with Crippen LogP contribution in [0.15, 0.2) is 36.5 Å². The van der Waals surface area contributed by atoms with Gasteiger partial charge < -0.3 is 15.9 Å². The van der Waals surface area contributed by atoms with E-state index in [1.807, 2.05) is 24.3 Å². The molecule has 23 heavy (non-hydrogen) atoms. The van der Waals surface area contributed by atoms with Crippen molar-refractivity contribution in [3.05, 3.63) is 53.6 Å². The van der Waals surface area contributed by atoms with E-state index in [2.05, 4.69) is 10.1 Å². The van der Waals surface area contributed by atoms with Gasteiger partial charge in [0.15, 0.2) is 5.65 Å². The van der Waals surface area contributed by atoms with Crippen LogP contribution in [0, 0.1) is 11.2 Å². The van der Waals surface area contributed by atoms with Gasteiger partial charge in [0, 0.05) is 6.54 Å². The third kappa shape index (κ3) is 2.91. The molecule has 0 radical (unpaired) electrons. The van der Waals surface area contributed by atoms with Crippen molar-refractivity contribution in [2.45, 2.75) is 6.54 Å². The number of rotatable bonds is 5. The van der Waals surface area contributed by atoms with Gasteiger partial charge in [-0.25, -0.2) is 14.1 Å². The number of methoxy groups -OCH3 is 1. The molecule has 0 unspecified atom stereocenters. The number of pyridine rings is 1. The van der Waals surface area contributed by atoms with E-state index >= 15 is 0 Å². The van der Waals surface area contributed by atoms with Gasteiger partial charge in [0.2, 0.25) is 0 Å². The molecule has 6 nitrogen and oxygen atoms in total. The molecule has 2 aromatic heterocycles. The fourth-order valence-corrected chi connectivity index (χ4v) is 2.37. The van der Waals surface area contributed by atoms with Crippen LogP contribution in [-0.4, -0.2) is 34.1 Å². The summed E-state index contributed by atoms with van der Waals surface area (Å²) in [6, 6.07) is 8.89. The van der Waals surface area contributed by atoms with Gasteiger partial charge in [-0.15, -0.1) is 0 Å². The van der Waals surface area contributed by atoms with E-state index in [4.69, 9.17) is 15.9 Å². The van der Waals surface area contributed by atoms with E-state index in [0.29, 0.717) is 23.3 Å². The third-order valence-corrected chi connectivity index (χ3v) is 3.53. The first-order valence-corrected chi connectivity index (χ1v) is 7.05. The number of hydrogen-bond acceptors (Lipinski definition) is 5. The van der Waals surface area contributed by atoms with Crippen molar-refractivity contribution < 1.29 is 9.13 Å². The van der Waals surface area contributed by atoms with E-state index in [1.165, 1.54) is 6.07 Å². The monoisotopic (exact) mass is 313 g/mol. The highest BCUT2D eigenvalue weighted by molar-refractivity contribution is 6.07. The van der Waals surface area contributed by atoms with E-state index < -0.39 is 5.82 Å². The Hall–Kier alpha value is -2.80. The molecule has 3 aromatic rings. The van der Waals surface area contributed by atoms with Crippen LogP contribution in [0.1, 0.15) is 11.3 Å². The van der Waals surface area contributed by atoms with Gasteiger partial charge in [-0.05, 0) is 23.8 Å². The SMILES string of the molecule is COc1ccc(Cn2nc(C(=N)CN)c3cc(F)cnc32)cc1. The van der Waals surface area contributed by atoms with Crippen LogP contribution in [0.25, 0.3) is 11.0 Å².